The summed E-state index contributed by atoms with van der Waals surface area (Å²) in [7, 11) is 0. The molecule has 5 nitrogen and oxygen atoms in total. The first-order valence-corrected chi connectivity index (χ1v) is 6.84. The Morgan fingerprint density at radius 3 is 3.00 bits per heavy atom. The van der Waals surface area contributed by atoms with Gasteiger partial charge in [-0.15, -0.1) is 0 Å². The Morgan fingerprint density at radius 2 is 2.10 bits per heavy atom. The zero-order valence-electron chi connectivity index (χ0n) is 10.4. The van der Waals surface area contributed by atoms with Crippen LogP contribution < -0.4 is 10.9 Å². The summed E-state index contributed by atoms with van der Waals surface area (Å²) in [6, 6.07) is 9.97. The first-order valence-electron chi connectivity index (χ1n) is 6.05. The molecule has 0 fully saturated rings. The molecule has 0 bridgehead atoms. The number of pyridine rings is 1. The van der Waals surface area contributed by atoms with Gasteiger partial charge in [0.15, 0.2) is 0 Å². The molecule has 2 N–H and O–H groups in total. The van der Waals surface area contributed by atoms with Crippen molar-refractivity contribution >= 4 is 32.5 Å². The van der Waals surface area contributed by atoms with E-state index >= 15 is 0 Å². The van der Waals surface area contributed by atoms with E-state index in [0.29, 0.717) is 16.7 Å². The van der Waals surface area contributed by atoms with Crippen LogP contribution in [0.4, 0.5) is 5.69 Å². The summed E-state index contributed by atoms with van der Waals surface area (Å²) in [5.74, 6) is 0. The second-order valence-electron chi connectivity index (χ2n) is 4.27. The number of nitrogens with one attached hydrogen (secondary N) is 2. The Morgan fingerprint density at radius 1 is 1.25 bits per heavy atom. The van der Waals surface area contributed by atoms with Crippen molar-refractivity contribution in [2.45, 2.75) is 6.54 Å². The average Bonchev–Trinajstić information content (AvgIpc) is 2.49. The zero-order valence-corrected chi connectivity index (χ0v) is 12.0. The highest BCUT2D eigenvalue weighted by Gasteiger charge is 2.06. The molecule has 6 heteroatoms. The van der Waals surface area contributed by atoms with Gasteiger partial charge in [0.25, 0.3) is 5.56 Å². The number of aromatic amines is 1. The monoisotopic (exact) mass is 330 g/mol. The Kier molecular flexibility index (Phi) is 3.47. The van der Waals surface area contributed by atoms with Crippen molar-refractivity contribution < 1.29 is 0 Å². The third kappa shape index (κ3) is 2.42. The third-order valence-corrected chi connectivity index (χ3v) is 3.77. The quantitative estimate of drug-likeness (QED) is 0.774. The van der Waals surface area contributed by atoms with Gasteiger partial charge in [0, 0.05) is 18.1 Å². The minimum absolute atomic E-state index is 0.258. The molecule has 1 aromatic carbocycles. The van der Waals surface area contributed by atoms with Gasteiger partial charge >= 0.3 is 0 Å². The number of hydrogen-bond donors (Lipinski definition) is 2. The molecule has 0 aliphatic rings. The number of fused-ring (bicyclic) bond motifs is 1. The number of benzene rings is 1. The molecule has 3 rings (SSSR count). The van der Waals surface area contributed by atoms with Crippen LogP contribution in [0.5, 0.6) is 0 Å². The minimum atomic E-state index is -0.258. The van der Waals surface area contributed by atoms with Crippen LogP contribution in [0.15, 0.2) is 52.0 Å². The van der Waals surface area contributed by atoms with Crippen molar-refractivity contribution in [2.75, 3.05) is 5.32 Å². The van der Waals surface area contributed by atoms with E-state index < -0.39 is 0 Å². The maximum Gasteiger partial charge on any atom is 0.280 e. The maximum absolute atomic E-state index is 11.4. The van der Waals surface area contributed by atoms with Gasteiger partial charge in [-0.2, -0.15) is 5.10 Å². The van der Waals surface area contributed by atoms with Crippen LogP contribution in [-0.4, -0.2) is 15.2 Å². The van der Waals surface area contributed by atoms with Crippen LogP contribution >= 0.6 is 15.9 Å². The van der Waals surface area contributed by atoms with Crippen LogP contribution in [0.3, 0.4) is 0 Å². The minimum Gasteiger partial charge on any atom is -0.379 e. The topological polar surface area (TPSA) is 70.7 Å². The van der Waals surface area contributed by atoms with Crippen LogP contribution in [-0.2, 0) is 6.54 Å². The molecular formula is C14H11BrN4O. The van der Waals surface area contributed by atoms with E-state index in [4.69, 9.17) is 0 Å². The molecule has 20 heavy (non-hydrogen) atoms. The van der Waals surface area contributed by atoms with Gasteiger partial charge in [0.2, 0.25) is 0 Å². The van der Waals surface area contributed by atoms with E-state index in [1.54, 1.807) is 12.4 Å². The van der Waals surface area contributed by atoms with Gasteiger partial charge in [-0.25, -0.2) is 5.10 Å². The summed E-state index contributed by atoms with van der Waals surface area (Å²) in [6.45, 7) is 0.568. The number of aromatic nitrogens is 3. The van der Waals surface area contributed by atoms with Gasteiger partial charge in [-0.1, -0.05) is 24.3 Å². The fourth-order valence-corrected chi connectivity index (χ4v) is 2.34. The first-order chi connectivity index (χ1) is 9.75. The summed E-state index contributed by atoms with van der Waals surface area (Å²) in [5, 5.41) is 10.4. The molecule has 2 aromatic heterocycles. The van der Waals surface area contributed by atoms with E-state index in [0.717, 1.165) is 16.5 Å². The van der Waals surface area contributed by atoms with E-state index in [1.165, 1.54) is 0 Å². The highest BCUT2D eigenvalue weighted by molar-refractivity contribution is 9.10. The number of rotatable bonds is 3. The standard InChI is InChI=1S/C14H11BrN4O/c15-12-11(8-18-19-14(12)20)17-7-10-4-1-3-9-5-2-6-16-13(9)10/h1-6,8H,7H2,(H2,17,19,20). The van der Waals surface area contributed by atoms with E-state index in [9.17, 15) is 4.79 Å². The third-order valence-electron chi connectivity index (χ3n) is 2.98. The van der Waals surface area contributed by atoms with Crippen molar-refractivity contribution in [2.24, 2.45) is 0 Å². The molecule has 0 spiro atoms. The summed E-state index contributed by atoms with van der Waals surface area (Å²) in [5.41, 5.74) is 2.42. The smallest absolute Gasteiger partial charge is 0.280 e. The maximum atomic E-state index is 11.4. The van der Waals surface area contributed by atoms with E-state index in [2.05, 4.69) is 36.4 Å². The van der Waals surface area contributed by atoms with Crippen LogP contribution in [0, 0.1) is 0 Å². The van der Waals surface area contributed by atoms with Gasteiger partial charge in [-0.05, 0) is 27.6 Å². The van der Waals surface area contributed by atoms with E-state index in [-0.39, 0.29) is 5.56 Å². The molecule has 0 aliphatic heterocycles. The number of anilines is 1. The Hall–Kier alpha value is -2.21. The van der Waals surface area contributed by atoms with Crippen LogP contribution in [0.2, 0.25) is 0 Å². The molecule has 0 saturated carbocycles. The second kappa shape index (κ2) is 5.42. The Balaban J connectivity index is 1.91. The molecular weight excluding hydrogens is 320 g/mol. The predicted molar refractivity (Wildman–Crippen MR) is 81.6 cm³/mol. The molecule has 100 valence electrons. The normalized spacial score (nSPS) is 10.7. The number of para-hydroxylation sites is 1. The molecule has 0 radical (unpaired) electrons. The fraction of sp³-hybridized carbons (Fsp3) is 0.0714. The van der Waals surface area contributed by atoms with Gasteiger partial charge in [0.1, 0.15) is 4.47 Å². The lowest BCUT2D eigenvalue weighted by molar-refractivity contribution is 0.971. The van der Waals surface area contributed by atoms with Crippen LogP contribution in [0.25, 0.3) is 10.9 Å². The highest BCUT2D eigenvalue weighted by Crippen LogP contribution is 2.19. The number of nitrogens with zero attached hydrogens (tertiary/aromatic N) is 2. The van der Waals surface area contributed by atoms with Crippen molar-refractivity contribution in [1.29, 1.82) is 0 Å². The number of halogens is 1. The Bertz CT molecular complexity index is 810. The molecule has 0 aliphatic carbocycles. The van der Waals surface area contributed by atoms with Crippen LogP contribution in [0.1, 0.15) is 5.56 Å². The summed E-state index contributed by atoms with van der Waals surface area (Å²) in [4.78, 5) is 15.8. The zero-order chi connectivity index (χ0) is 13.9. The van der Waals surface area contributed by atoms with Gasteiger partial charge in [-0.3, -0.25) is 9.78 Å². The summed E-state index contributed by atoms with van der Waals surface area (Å²) >= 11 is 3.24. The van der Waals surface area contributed by atoms with Gasteiger partial charge in [0.05, 0.1) is 17.4 Å². The Labute approximate surface area is 123 Å². The molecule has 0 unspecified atom stereocenters. The van der Waals surface area contributed by atoms with Gasteiger partial charge < -0.3 is 5.32 Å². The molecule has 0 atom stereocenters. The lowest BCUT2D eigenvalue weighted by Crippen LogP contribution is -2.12. The SMILES string of the molecule is O=c1[nH]ncc(NCc2cccc3cccnc23)c1Br. The number of hydrogen-bond acceptors (Lipinski definition) is 4. The number of H-pyrrole nitrogens is 1. The summed E-state index contributed by atoms with van der Waals surface area (Å²) in [6.07, 6.45) is 3.35. The largest absolute Gasteiger partial charge is 0.379 e. The van der Waals surface area contributed by atoms with Crippen molar-refractivity contribution in [3.05, 3.63) is 63.1 Å². The molecule has 0 saturated heterocycles. The molecule has 0 amide bonds. The fourth-order valence-electron chi connectivity index (χ4n) is 2.01. The van der Waals surface area contributed by atoms with E-state index in [1.807, 2.05) is 30.3 Å². The highest BCUT2D eigenvalue weighted by atomic mass is 79.9. The second-order valence-corrected chi connectivity index (χ2v) is 5.07. The van der Waals surface area contributed by atoms with Crippen molar-refractivity contribution in [3.63, 3.8) is 0 Å². The molecule has 2 heterocycles. The lowest BCUT2D eigenvalue weighted by Gasteiger charge is -2.09. The molecule has 3 aromatic rings. The van der Waals surface area contributed by atoms with Crippen molar-refractivity contribution in [1.82, 2.24) is 15.2 Å². The predicted octanol–water partition coefficient (Wildman–Crippen LogP) is 2.69. The first kappa shape index (κ1) is 12.8. The summed E-state index contributed by atoms with van der Waals surface area (Å²) < 4.78 is 0.445. The van der Waals surface area contributed by atoms with Crippen molar-refractivity contribution in [3.8, 4) is 0 Å². The lowest BCUT2D eigenvalue weighted by atomic mass is 10.1. The average molecular weight is 331 g/mol.